The molecule has 0 aromatic heterocycles. The van der Waals surface area contributed by atoms with E-state index in [-0.39, 0.29) is 23.7 Å². The molecule has 3 rings (SSSR count). The predicted octanol–water partition coefficient (Wildman–Crippen LogP) is 4.48. The van der Waals surface area contributed by atoms with Crippen LogP contribution in [-0.2, 0) is 9.53 Å². The first-order valence-corrected chi connectivity index (χ1v) is 9.20. The van der Waals surface area contributed by atoms with Crippen molar-refractivity contribution in [2.75, 3.05) is 24.6 Å². The zero-order valence-corrected chi connectivity index (χ0v) is 15.4. The van der Waals surface area contributed by atoms with Gasteiger partial charge in [-0.2, -0.15) is 0 Å². The van der Waals surface area contributed by atoms with Gasteiger partial charge in [0.05, 0.1) is 29.3 Å². The number of carboxylic acid groups (broad SMARTS) is 1. The lowest BCUT2D eigenvalue weighted by atomic mass is 9.81. The van der Waals surface area contributed by atoms with E-state index < -0.39 is 12.3 Å². The minimum Gasteiger partial charge on any atom is -0.481 e. The van der Waals surface area contributed by atoms with Crippen LogP contribution in [0.25, 0.3) is 0 Å². The van der Waals surface area contributed by atoms with Crippen LogP contribution in [-0.4, -0.2) is 42.7 Å². The minimum atomic E-state index is -4.75. The van der Waals surface area contributed by atoms with Crippen LogP contribution in [0.15, 0.2) is 18.2 Å². The summed E-state index contributed by atoms with van der Waals surface area (Å²) >= 11 is 6.18. The predicted molar refractivity (Wildman–Crippen MR) is 93.2 cm³/mol. The Bertz CT molecular complexity index is 680. The number of nitrogens with zero attached hydrogens (tertiary/aromatic N) is 1. The van der Waals surface area contributed by atoms with E-state index in [9.17, 15) is 18.0 Å². The third-order valence-corrected chi connectivity index (χ3v) is 5.58. The summed E-state index contributed by atoms with van der Waals surface area (Å²) in [5.74, 6) is -1.07. The van der Waals surface area contributed by atoms with Gasteiger partial charge in [0.2, 0.25) is 0 Å². The molecule has 9 heteroatoms. The van der Waals surface area contributed by atoms with Gasteiger partial charge in [-0.25, -0.2) is 0 Å². The summed E-state index contributed by atoms with van der Waals surface area (Å²) in [6, 6.07) is 3.89. The fourth-order valence-corrected chi connectivity index (χ4v) is 4.04. The highest BCUT2D eigenvalue weighted by molar-refractivity contribution is 6.33. The summed E-state index contributed by atoms with van der Waals surface area (Å²) in [4.78, 5) is 12.8. The van der Waals surface area contributed by atoms with Gasteiger partial charge in [-0.1, -0.05) is 11.6 Å². The summed E-state index contributed by atoms with van der Waals surface area (Å²) in [6.45, 7) is 1.62. The van der Waals surface area contributed by atoms with E-state index in [1.54, 1.807) is 0 Å². The van der Waals surface area contributed by atoms with Gasteiger partial charge in [0.15, 0.2) is 0 Å². The van der Waals surface area contributed by atoms with E-state index in [0.717, 1.165) is 12.8 Å². The summed E-state index contributed by atoms with van der Waals surface area (Å²) < 4.78 is 47.3. The Morgan fingerprint density at radius 1 is 1.33 bits per heavy atom. The molecular weight excluding hydrogens is 387 g/mol. The molecule has 2 saturated heterocycles. The molecule has 0 unspecified atom stereocenters. The Balaban J connectivity index is 1.61. The zero-order valence-electron chi connectivity index (χ0n) is 14.6. The molecule has 1 atom stereocenters. The molecule has 0 bridgehead atoms. The maximum Gasteiger partial charge on any atom is 0.573 e. The van der Waals surface area contributed by atoms with Crippen LogP contribution in [0.3, 0.4) is 0 Å². The second-order valence-electron chi connectivity index (χ2n) is 7.14. The largest absolute Gasteiger partial charge is 0.573 e. The number of aliphatic carboxylic acids is 1. The van der Waals surface area contributed by atoms with Crippen LogP contribution in [0, 0.1) is 5.92 Å². The Morgan fingerprint density at radius 3 is 2.59 bits per heavy atom. The molecule has 0 radical (unpaired) electrons. The molecule has 1 aromatic rings. The number of halogens is 4. The normalized spacial score (nSPS) is 22.7. The van der Waals surface area contributed by atoms with Crippen molar-refractivity contribution < 1.29 is 32.5 Å². The topological polar surface area (TPSA) is 59.0 Å². The second-order valence-corrected chi connectivity index (χ2v) is 7.55. The van der Waals surface area contributed by atoms with Crippen molar-refractivity contribution in [1.29, 1.82) is 0 Å². The quantitative estimate of drug-likeness (QED) is 0.797. The van der Waals surface area contributed by atoms with E-state index in [0.29, 0.717) is 43.2 Å². The SMILES string of the molecule is O=C(O)C[C@@H]1CCC2(CCN(c3cc(OC(F)(F)F)ccc3Cl)CC2)OC1. The highest BCUT2D eigenvalue weighted by Gasteiger charge is 2.40. The second kappa shape index (κ2) is 7.75. The number of carbonyl (C=O) groups is 1. The molecule has 5 nitrogen and oxygen atoms in total. The molecule has 1 aromatic carbocycles. The van der Waals surface area contributed by atoms with Gasteiger partial charge in [0.25, 0.3) is 0 Å². The smallest absolute Gasteiger partial charge is 0.481 e. The third kappa shape index (κ3) is 5.19. The molecule has 150 valence electrons. The van der Waals surface area contributed by atoms with E-state index in [2.05, 4.69) is 4.74 Å². The lowest BCUT2D eigenvalue weighted by molar-refractivity contribution is -0.274. The van der Waals surface area contributed by atoms with Gasteiger partial charge in [-0.3, -0.25) is 4.79 Å². The highest BCUT2D eigenvalue weighted by atomic mass is 35.5. The van der Waals surface area contributed by atoms with Gasteiger partial charge >= 0.3 is 12.3 Å². The van der Waals surface area contributed by atoms with Crippen molar-refractivity contribution in [3.63, 3.8) is 0 Å². The van der Waals surface area contributed by atoms with Crippen LogP contribution in [0.4, 0.5) is 18.9 Å². The number of benzene rings is 1. The van der Waals surface area contributed by atoms with Crippen molar-refractivity contribution >= 4 is 23.3 Å². The van der Waals surface area contributed by atoms with E-state index in [4.69, 9.17) is 21.4 Å². The van der Waals surface area contributed by atoms with Gasteiger partial charge in [0, 0.05) is 19.2 Å². The fraction of sp³-hybridized carbons (Fsp3) is 0.611. The first-order chi connectivity index (χ1) is 12.7. The highest BCUT2D eigenvalue weighted by Crippen LogP contribution is 2.40. The Morgan fingerprint density at radius 2 is 2.04 bits per heavy atom. The number of carboxylic acids is 1. The molecule has 2 heterocycles. The maximum atomic E-state index is 12.4. The van der Waals surface area contributed by atoms with Crippen molar-refractivity contribution in [2.45, 2.75) is 44.1 Å². The number of piperidine rings is 1. The van der Waals surface area contributed by atoms with Crippen molar-refractivity contribution in [1.82, 2.24) is 0 Å². The maximum absolute atomic E-state index is 12.4. The molecule has 1 N–H and O–H groups in total. The molecule has 2 aliphatic rings. The Kier molecular flexibility index (Phi) is 5.76. The standard InChI is InChI=1S/C18H21ClF3NO4/c19-14-2-1-13(27-18(20,21)22)10-15(14)23-7-5-17(6-8-23)4-3-12(11-26-17)9-16(24)25/h1-2,10,12H,3-9,11H2,(H,24,25)/t12-/m0/s1. The van der Waals surface area contributed by atoms with Gasteiger partial charge in [-0.15, -0.1) is 13.2 Å². The number of hydrogen-bond acceptors (Lipinski definition) is 4. The number of hydrogen-bond donors (Lipinski definition) is 1. The lowest BCUT2D eigenvalue weighted by Crippen LogP contribution is -2.49. The third-order valence-electron chi connectivity index (χ3n) is 5.26. The Hall–Kier alpha value is -1.67. The number of anilines is 1. The summed E-state index contributed by atoms with van der Waals surface area (Å²) in [6.07, 6.45) is -1.60. The summed E-state index contributed by atoms with van der Waals surface area (Å²) in [5, 5.41) is 9.26. The van der Waals surface area contributed by atoms with Crippen LogP contribution in [0.1, 0.15) is 32.1 Å². The molecule has 0 saturated carbocycles. The summed E-state index contributed by atoms with van der Waals surface area (Å²) in [7, 11) is 0. The average molecular weight is 408 g/mol. The van der Waals surface area contributed by atoms with Crippen LogP contribution < -0.4 is 9.64 Å². The lowest BCUT2D eigenvalue weighted by Gasteiger charge is -2.46. The van der Waals surface area contributed by atoms with Crippen LogP contribution >= 0.6 is 11.6 Å². The molecule has 27 heavy (non-hydrogen) atoms. The van der Waals surface area contributed by atoms with Gasteiger partial charge in [-0.05, 0) is 43.7 Å². The molecule has 0 aliphatic carbocycles. The van der Waals surface area contributed by atoms with E-state index in [1.165, 1.54) is 18.2 Å². The van der Waals surface area contributed by atoms with Crippen molar-refractivity contribution in [2.24, 2.45) is 5.92 Å². The van der Waals surface area contributed by atoms with Crippen molar-refractivity contribution in [3.8, 4) is 5.75 Å². The van der Waals surface area contributed by atoms with Crippen LogP contribution in [0.5, 0.6) is 5.75 Å². The monoisotopic (exact) mass is 407 g/mol. The number of rotatable bonds is 4. The number of ether oxygens (including phenoxy) is 2. The van der Waals surface area contributed by atoms with Crippen LogP contribution in [0.2, 0.25) is 5.02 Å². The Labute approximate surface area is 160 Å². The first kappa shape index (κ1) is 20.1. The molecule has 1 spiro atoms. The molecule has 0 amide bonds. The van der Waals surface area contributed by atoms with E-state index in [1.807, 2.05) is 4.90 Å². The number of alkyl halides is 3. The first-order valence-electron chi connectivity index (χ1n) is 8.82. The minimum absolute atomic E-state index is 0.0387. The van der Waals surface area contributed by atoms with Gasteiger partial charge < -0.3 is 19.5 Å². The average Bonchev–Trinajstić information content (AvgIpc) is 2.58. The fourth-order valence-electron chi connectivity index (χ4n) is 3.81. The van der Waals surface area contributed by atoms with Gasteiger partial charge in [0.1, 0.15) is 5.75 Å². The summed E-state index contributed by atoms with van der Waals surface area (Å²) in [5.41, 5.74) is 0.228. The van der Waals surface area contributed by atoms with E-state index >= 15 is 0 Å². The zero-order chi connectivity index (χ0) is 19.7. The molecular formula is C18H21ClF3NO4. The van der Waals surface area contributed by atoms with Crippen molar-refractivity contribution in [3.05, 3.63) is 23.2 Å². The molecule has 2 fully saturated rings. The molecule has 2 aliphatic heterocycles.